The molecule has 0 spiro atoms. The molecule has 0 aliphatic rings. The summed E-state index contributed by atoms with van der Waals surface area (Å²) in [5.41, 5.74) is 6.59. The standard InChI is InChI=1S/C16H14F3NO4/c1-8-2-7-11(15(22)23)12(14(8)21)13(20)9-3-5-10(6-4-9)24-16(17,18)19/h2-7,13,21H,20H2,1H3,(H,22,23)/t13-/m1/s1. The average Bonchev–Trinajstić information content (AvgIpc) is 2.48. The van der Waals surface area contributed by atoms with Crippen LogP contribution in [0.4, 0.5) is 13.2 Å². The predicted molar refractivity (Wildman–Crippen MR) is 79.0 cm³/mol. The van der Waals surface area contributed by atoms with Gasteiger partial charge in [0.1, 0.15) is 11.5 Å². The highest BCUT2D eigenvalue weighted by molar-refractivity contribution is 5.91. The molecule has 0 bridgehead atoms. The summed E-state index contributed by atoms with van der Waals surface area (Å²) >= 11 is 0. The summed E-state index contributed by atoms with van der Waals surface area (Å²) in [4.78, 5) is 11.3. The molecule has 0 amide bonds. The Hall–Kier alpha value is -2.74. The summed E-state index contributed by atoms with van der Waals surface area (Å²) in [7, 11) is 0. The number of rotatable bonds is 4. The number of carbonyl (C=O) groups is 1. The van der Waals surface area contributed by atoms with Crippen molar-refractivity contribution in [2.24, 2.45) is 5.73 Å². The van der Waals surface area contributed by atoms with Crippen LogP contribution in [0.15, 0.2) is 36.4 Å². The van der Waals surface area contributed by atoms with Crippen LogP contribution in [0.1, 0.15) is 33.1 Å². The Bertz CT molecular complexity index is 757. The molecule has 2 aromatic rings. The molecule has 0 saturated heterocycles. The molecule has 0 aliphatic carbocycles. The monoisotopic (exact) mass is 341 g/mol. The number of aromatic hydroxyl groups is 1. The first-order valence-corrected chi connectivity index (χ1v) is 6.77. The maximum atomic E-state index is 12.2. The second-order valence-corrected chi connectivity index (χ2v) is 5.09. The number of benzene rings is 2. The number of aryl methyl sites for hydroxylation is 1. The van der Waals surface area contributed by atoms with Gasteiger partial charge in [0.2, 0.25) is 0 Å². The third-order valence-electron chi connectivity index (χ3n) is 3.43. The third-order valence-corrected chi connectivity index (χ3v) is 3.43. The summed E-state index contributed by atoms with van der Waals surface area (Å²) in [6.07, 6.45) is -4.81. The number of ether oxygens (including phenoxy) is 1. The molecule has 0 unspecified atom stereocenters. The van der Waals surface area contributed by atoms with Crippen molar-refractivity contribution in [3.63, 3.8) is 0 Å². The number of carboxylic acids is 1. The van der Waals surface area contributed by atoms with Crippen molar-refractivity contribution in [2.75, 3.05) is 0 Å². The van der Waals surface area contributed by atoms with Gasteiger partial charge in [-0.05, 0) is 36.2 Å². The van der Waals surface area contributed by atoms with Crippen LogP contribution in [0, 0.1) is 6.92 Å². The Morgan fingerprint density at radius 2 is 1.75 bits per heavy atom. The second-order valence-electron chi connectivity index (χ2n) is 5.09. The van der Waals surface area contributed by atoms with Crippen molar-refractivity contribution in [3.8, 4) is 11.5 Å². The summed E-state index contributed by atoms with van der Waals surface area (Å²) < 4.78 is 40.2. The van der Waals surface area contributed by atoms with Crippen molar-refractivity contribution in [1.29, 1.82) is 0 Å². The van der Waals surface area contributed by atoms with E-state index in [0.29, 0.717) is 11.1 Å². The Morgan fingerprint density at radius 1 is 1.17 bits per heavy atom. The topological polar surface area (TPSA) is 92.8 Å². The molecule has 4 N–H and O–H groups in total. The normalized spacial score (nSPS) is 12.7. The molecule has 2 rings (SSSR count). The average molecular weight is 341 g/mol. The molecule has 0 aromatic heterocycles. The first-order valence-electron chi connectivity index (χ1n) is 6.77. The van der Waals surface area contributed by atoms with Crippen molar-refractivity contribution in [3.05, 3.63) is 58.7 Å². The van der Waals surface area contributed by atoms with Gasteiger partial charge in [-0.1, -0.05) is 18.2 Å². The Morgan fingerprint density at radius 3 is 2.25 bits per heavy atom. The number of phenols is 1. The third kappa shape index (κ3) is 3.77. The van der Waals surface area contributed by atoms with Crippen molar-refractivity contribution < 1.29 is 32.9 Å². The minimum Gasteiger partial charge on any atom is -0.507 e. The molecule has 2 aromatic carbocycles. The number of alkyl halides is 3. The molecule has 24 heavy (non-hydrogen) atoms. The first kappa shape index (κ1) is 17.6. The van der Waals surface area contributed by atoms with Gasteiger partial charge in [0.25, 0.3) is 0 Å². The molecular formula is C16H14F3NO4. The summed E-state index contributed by atoms with van der Waals surface area (Å²) in [6.45, 7) is 1.58. The van der Waals surface area contributed by atoms with Crippen LogP contribution in [0.3, 0.4) is 0 Å². The number of hydrogen-bond donors (Lipinski definition) is 3. The van der Waals surface area contributed by atoms with Crippen LogP contribution in [0.25, 0.3) is 0 Å². The van der Waals surface area contributed by atoms with E-state index in [-0.39, 0.29) is 16.9 Å². The van der Waals surface area contributed by atoms with E-state index in [0.717, 1.165) is 12.1 Å². The van der Waals surface area contributed by atoms with E-state index >= 15 is 0 Å². The Kier molecular flexibility index (Phi) is 4.70. The zero-order chi connectivity index (χ0) is 18.1. The van der Waals surface area contributed by atoms with Gasteiger partial charge in [-0.15, -0.1) is 13.2 Å². The number of aromatic carboxylic acids is 1. The smallest absolute Gasteiger partial charge is 0.507 e. The highest BCUT2D eigenvalue weighted by atomic mass is 19.4. The summed E-state index contributed by atoms with van der Waals surface area (Å²) in [5, 5.41) is 19.4. The van der Waals surface area contributed by atoms with E-state index in [1.54, 1.807) is 6.92 Å². The van der Waals surface area contributed by atoms with E-state index in [4.69, 9.17) is 5.73 Å². The second kappa shape index (κ2) is 6.40. The zero-order valence-electron chi connectivity index (χ0n) is 12.5. The molecule has 0 radical (unpaired) electrons. The largest absolute Gasteiger partial charge is 0.573 e. The number of nitrogens with two attached hydrogens (primary N) is 1. The lowest BCUT2D eigenvalue weighted by Gasteiger charge is -2.18. The fourth-order valence-corrected chi connectivity index (χ4v) is 2.26. The first-order chi connectivity index (χ1) is 11.1. The molecule has 0 heterocycles. The molecule has 5 nitrogen and oxygen atoms in total. The van der Waals surface area contributed by atoms with Crippen LogP contribution in [0.5, 0.6) is 11.5 Å². The van der Waals surface area contributed by atoms with Gasteiger partial charge in [0.15, 0.2) is 0 Å². The highest BCUT2D eigenvalue weighted by Gasteiger charge is 2.31. The lowest BCUT2D eigenvalue weighted by molar-refractivity contribution is -0.274. The Labute approximate surface area is 135 Å². The van der Waals surface area contributed by atoms with Crippen molar-refractivity contribution in [2.45, 2.75) is 19.3 Å². The van der Waals surface area contributed by atoms with Gasteiger partial charge in [-0.3, -0.25) is 0 Å². The van der Waals surface area contributed by atoms with Crippen LogP contribution in [-0.4, -0.2) is 22.5 Å². The Balaban J connectivity index is 2.40. The molecule has 1 atom stereocenters. The number of carboxylic acid groups (broad SMARTS) is 1. The van der Waals surface area contributed by atoms with E-state index in [2.05, 4.69) is 4.74 Å². The van der Waals surface area contributed by atoms with Crippen LogP contribution in [0.2, 0.25) is 0 Å². The van der Waals surface area contributed by atoms with Crippen LogP contribution in [-0.2, 0) is 0 Å². The SMILES string of the molecule is Cc1ccc(C(=O)O)c([C@H](N)c2ccc(OC(F)(F)F)cc2)c1O. The quantitative estimate of drug-likeness (QED) is 0.793. The maximum Gasteiger partial charge on any atom is 0.573 e. The highest BCUT2D eigenvalue weighted by Crippen LogP contribution is 2.34. The van der Waals surface area contributed by atoms with E-state index < -0.39 is 24.1 Å². The minimum atomic E-state index is -4.81. The van der Waals surface area contributed by atoms with Gasteiger partial charge < -0.3 is 20.7 Å². The maximum absolute atomic E-state index is 12.2. The number of hydrogen-bond acceptors (Lipinski definition) is 4. The van der Waals surface area contributed by atoms with E-state index in [9.17, 15) is 28.2 Å². The fraction of sp³-hybridized carbons (Fsp3) is 0.188. The predicted octanol–water partition coefficient (Wildman–Crippen LogP) is 3.35. The van der Waals surface area contributed by atoms with E-state index in [1.165, 1.54) is 24.3 Å². The van der Waals surface area contributed by atoms with Gasteiger partial charge in [0, 0.05) is 5.56 Å². The molecule has 0 fully saturated rings. The summed E-state index contributed by atoms with van der Waals surface area (Å²) in [6, 6.07) is 6.41. The van der Waals surface area contributed by atoms with E-state index in [1.807, 2.05) is 0 Å². The molecular weight excluding hydrogens is 327 g/mol. The molecule has 0 aliphatic heterocycles. The molecule has 8 heteroatoms. The lowest BCUT2D eigenvalue weighted by Crippen LogP contribution is -2.18. The number of phenolic OH excluding ortho intramolecular Hbond substituents is 1. The molecule has 128 valence electrons. The fourth-order valence-electron chi connectivity index (χ4n) is 2.26. The number of halogens is 3. The van der Waals surface area contributed by atoms with Gasteiger partial charge >= 0.3 is 12.3 Å². The van der Waals surface area contributed by atoms with Gasteiger partial charge in [0.05, 0.1) is 11.6 Å². The lowest BCUT2D eigenvalue weighted by atomic mass is 9.92. The van der Waals surface area contributed by atoms with Gasteiger partial charge in [-0.2, -0.15) is 0 Å². The van der Waals surface area contributed by atoms with Crippen molar-refractivity contribution in [1.82, 2.24) is 0 Å². The van der Waals surface area contributed by atoms with Crippen LogP contribution < -0.4 is 10.5 Å². The van der Waals surface area contributed by atoms with Gasteiger partial charge in [-0.25, -0.2) is 4.79 Å². The summed E-state index contributed by atoms with van der Waals surface area (Å²) in [5.74, 6) is -1.96. The minimum absolute atomic E-state index is 0.00742. The zero-order valence-corrected chi connectivity index (χ0v) is 12.5. The van der Waals surface area contributed by atoms with Crippen molar-refractivity contribution >= 4 is 5.97 Å². The van der Waals surface area contributed by atoms with Crippen LogP contribution >= 0.6 is 0 Å². The molecule has 0 saturated carbocycles.